The molecule has 0 aliphatic rings. The van der Waals surface area contributed by atoms with Gasteiger partial charge in [-0.3, -0.25) is 14.4 Å². The zero-order valence-electron chi connectivity index (χ0n) is 16.8. The minimum absolute atomic E-state index is 0.177. The quantitative estimate of drug-likeness (QED) is 0.480. The number of esters is 1. The number of carbonyl (C=O) groups is 3. The molecule has 6 heteroatoms. The molecule has 0 aliphatic carbocycles. The van der Waals surface area contributed by atoms with Gasteiger partial charge in [0.15, 0.2) is 0 Å². The number of hydrogen-bond acceptors (Lipinski definition) is 4. The van der Waals surface area contributed by atoms with Crippen molar-refractivity contribution in [1.82, 2.24) is 5.32 Å². The van der Waals surface area contributed by atoms with Crippen LogP contribution < -0.4 is 15.4 Å². The number of hydrogen-bond donors (Lipinski definition) is 2. The molecule has 0 radical (unpaired) electrons. The normalized spacial score (nSPS) is 10.2. The predicted molar refractivity (Wildman–Crippen MR) is 114 cm³/mol. The third-order valence-corrected chi connectivity index (χ3v) is 4.34. The van der Waals surface area contributed by atoms with Crippen molar-refractivity contribution in [2.24, 2.45) is 0 Å². The Kier molecular flexibility index (Phi) is 6.60. The summed E-state index contributed by atoms with van der Waals surface area (Å²) >= 11 is 0. The van der Waals surface area contributed by atoms with Gasteiger partial charge in [0.1, 0.15) is 5.75 Å². The van der Waals surface area contributed by atoms with E-state index in [-0.39, 0.29) is 11.8 Å². The molecule has 0 unspecified atom stereocenters. The minimum atomic E-state index is -0.442. The van der Waals surface area contributed by atoms with Crippen molar-refractivity contribution in [1.29, 1.82) is 0 Å². The van der Waals surface area contributed by atoms with Crippen LogP contribution in [0.5, 0.6) is 5.75 Å². The molecule has 3 aromatic carbocycles. The SMILES string of the molecule is CC(=O)Oc1cccc(C(=O)NCc2ccc(NC(=O)c3ccc(C)cc3)cc2)c1. The number of amides is 2. The number of ether oxygens (including phenoxy) is 1. The third-order valence-electron chi connectivity index (χ3n) is 4.34. The van der Waals surface area contributed by atoms with Crippen molar-refractivity contribution >= 4 is 23.5 Å². The zero-order valence-corrected chi connectivity index (χ0v) is 16.8. The molecule has 2 N–H and O–H groups in total. The Labute approximate surface area is 174 Å². The van der Waals surface area contributed by atoms with E-state index in [1.807, 2.05) is 31.2 Å². The topological polar surface area (TPSA) is 84.5 Å². The lowest BCUT2D eigenvalue weighted by Gasteiger charge is -2.09. The van der Waals surface area contributed by atoms with Crippen LogP contribution in [0, 0.1) is 6.92 Å². The lowest BCUT2D eigenvalue weighted by atomic mass is 10.1. The largest absolute Gasteiger partial charge is 0.427 e. The molecule has 0 aromatic heterocycles. The van der Waals surface area contributed by atoms with Gasteiger partial charge in [-0.05, 0) is 55.0 Å². The van der Waals surface area contributed by atoms with Gasteiger partial charge < -0.3 is 15.4 Å². The van der Waals surface area contributed by atoms with Crippen LogP contribution in [-0.2, 0) is 11.3 Å². The van der Waals surface area contributed by atoms with E-state index < -0.39 is 5.97 Å². The molecule has 0 heterocycles. The Morgan fingerprint density at radius 1 is 0.833 bits per heavy atom. The van der Waals surface area contributed by atoms with Crippen molar-refractivity contribution in [3.63, 3.8) is 0 Å². The van der Waals surface area contributed by atoms with Gasteiger partial charge in [-0.2, -0.15) is 0 Å². The molecule has 152 valence electrons. The Balaban J connectivity index is 1.55. The predicted octanol–water partition coefficient (Wildman–Crippen LogP) is 4.10. The van der Waals surface area contributed by atoms with Gasteiger partial charge in [0.05, 0.1) is 0 Å². The average Bonchev–Trinajstić information content (AvgIpc) is 2.73. The van der Waals surface area contributed by atoms with E-state index >= 15 is 0 Å². The Morgan fingerprint density at radius 3 is 2.20 bits per heavy atom. The maximum atomic E-state index is 12.3. The number of nitrogens with one attached hydrogen (secondary N) is 2. The molecular weight excluding hydrogens is 380 g/mol. The van der Waals surface area contributed by atoms with E-state index in [9.17, 15) is 14.4 Å². The lowest BCUT2D eigenvalue weighted by Crippen LogP contribution is -2.22. The molecule has 0 saturated carbocycles. The monoisotopic (exact) mass is 402 g/mol. The molecule has 0 fully saturated rings. The van der Waals surface area contributed by atoms with Crippen molar-refractivity contribution in [3.8, 4) is 5.75 Å². The number of carbonyl (C=O) groups excluding carboxylic acids is 3. The first kappa shape index (κ1) is 20.8. The van der Waals surface area contributed by atoms with Crippen molar-refractivity contribution in [3.05, 3.63) is 95.1 Å². The summed E-state index contributed by atoms with van der Waals surface area (Å²) in [5, 5.41) is 5.67. The first-order valence-electron chi connectivity index (χ1n) is 9.44. The molecule has 30 heavy (non-hydrogen) atoms. The molecular formula is C24H22N2O4. The van der Waals surface area contributed by atoms with E-state index in [0.717, 1.165) is 11.1 Å². The van der Waals surface area contributed by atoms with Gasteiger partial charge in [0.25, 0.3) is 11.8 Å². The average molecular weight is 402 g/mol. The van der Waals surface area contributed by atoms with E-state index in [1.165, 1.54) is 13.0 Å². The highest BCUT2D eigenvalue weighted by atomic mass is 16.5. The fourth-order valence-electron chi connectivity index (χ4n) is 2.77. The van der Waals surface area contributed by atoms with Gasteiger partial charge in [0, 0.05) is 30.3 Å². The summed E-state index contributed by atoms with van der Waals surface area (Å²) in [5.41, 5.74) is 3.64. The molecule has 2 amide bonds. The molecule has 0 spiro atoms. The fourth-order valence-corrected chi connectivity index (χ4v) is 2.77. The molecule has 0 bridgehead atoms. The maximum absolute atomic E-state index is 12.3. The first-order chi connectivity index (χ1) is 14.4. The fraction of sp³-hybridized carbons (Fsp3) is 0.125. The highest BCUT2D eigenvalue weighted by Crippen LogP contribution is 2.15. The Bertz CT molecular complexity index is 1060. The van der Waals surface area contributed by atoms with Gasteiger partial charge >= 0.3 is 5.97 Å². The molecule has 6 nitrogen and oxygen atoms in total. The van der Waals surface area contributed by atoms with Crippen LogP contribution in [-0.4, -0.2) is 17.8 Å². The van der Waals surface area contributed by atoms with E-state index in [0.29, 0.717) is 29.1 Å². The molecule has 3 aromatic rings. The van der Waals surface area contributed by atoms with Gasteiger partial charge in [-0.1, -0.05) is 35.9 Å². The standard InChI is InChI=1S/C24H22N2O4/c1-16-6-10-19(11-7-16)24(29)26-21-12-8-18(9-13-21)15-25-23(28)20-4-3-5-22(14-20)30-17(2)27/h3-14H,15H2,1-2H3,(H,25,28)(H,26,29). The van der Waals surface area contributed by atoms with Gasteiger partial charge in [0.2, 0.25) is 0 Å². The first-order valence-corrected chi connectivity index (χ1v) is 9.44. The molecule has 0 saturated heterocycles. The Hall–Kier alpha value is -3.93. The number of anilines is 1. The number of aryl methyl sites for hydroxylation is 1. The highest BCUT2D eigenvalue weighted by molar-refractivity contribution is 6.04. The van der Waals surface area contributed by atoms with Crippen LogP contribution >= 0.6 is 0 Å². The third kappa shape index (κ3) is 5.78. The second-order valence-corrected chi connectivity index (χ2v) is 6.82. The van der Waals surface area contributed by atoms with Crippen LogP contribution in [0.1, 0.15) is 38.8 Å². The van der Waals surface area contributed by atoms with Crippen LogP contribution in [0.15, 0.2) is 72.8 Å². The Morgan fingerprint density at radius 2 is 1.53 bits per heavy atom. The van der Waals surface area contributed by atoms with Crippen LogP contribution in [0.2, 0.25) is 0 Å². The summed E-state index contributed by atoms with van der Waals surface area (Å²) in [6.45, 7) is 3.60. The number of benzene rings is 3. The summed E-state index contributed by atoms with van der Waals surface area (Å²) in [7, 11) is 0. The van der Waals surface area contributed by atoms with Crippen LogP contribution in [0.4, 0.5) is 5.69 Å². The zero-order chi connectivity index (χ0) is 21.5. The van der Waals surface area contributed by atoms with Crippen LogP contribution in [0.3, 0.4) is 0 Å². The summed E-state index contributed by atoms with van der Waals surface area (Å²) in [6.07, 6.45) is 0. The van der Waals surface area contributed by atoms with Gasteiger partial charge in [-0.25, -0.2) is 0 Å². The van der Waals surface area contributed by atoms with E-state index in [1.54, 1.807) is 42.5 Å². The van der Waals surface area contributed by atoms with Crippen LogP contribution in [0.25, 0.3) is 0 Å². The lowest BCUT2D eigenvalue weighted by molar-refractivity contribution is -0.131. The second kappa shape index (κ2) is 9.52. The second-order valence-electron chi connectivity index (χ2n) is 6.82. The van der Waals surface area contributed by atoms with Crippen molar-refractivity contribution in [2.45, 2.75) is 20.4 Å². The van der Waals surface area contributed by atoms with Crippen molar-refractivity contribution < 1.29 is 19.1 Å². The van der Waals surface area contributed by atoms with Gasteiger partial charge in [-0.15, -0.1) is 0 Å². The number of rotatable bonds is 6. The van der Waals surface area contributed by atoms with E-state index in [4.69, 9.17) is 4.74 Å². The highest BCUT2D eigenvalue weighted by Gasteiger charge is 2.09. The van der Waals surface area contributed by atoms with E-state index in [2.05, 4.69) is 10.6 Å². The summed E-state index contributed by atoms with van der Waals surface area (Å²) in [5.74, 6) is -0.574. The molecule has 0 atom stereocenters. The molecule has 3 rings (SSSR count). The summed E-state index contributed by atoms with van der Waals surface area (Å²) in [6, 6.07) is 21.0. The molecule has 0 aliphatic heterocycles. The minimum Gasteiger partial charge on any atom is -0.427 e. The summed E-state index contributed by atoms with van der Waals surface area (Å²) in [4.78, 5) is 35.7. The smallest absolute Gasteiger partial charge is 0.308 e. The summed E-state index contributed by atoms with van der Waals surface area (Å²) < 4.78 is 5.00. The van der Waals surface area contributed by atoms with Crippen molar-refractivity contribution in [2.75, 3.05) is 5.32 Å². The maximum Gasteiger partial charge on any atom is 0.308 e.